The Hall–Kier alpha value is -5.91. The first-order chi connectivity index (χ1) is 31.4. The number of aryl methyl sites for hydroxylation is 1. The second-order valence-corrected chi connectivity index (χ2v) is 17.7. The number of benzene rings is 2. The number of aliphatic hydroxyl groups is 1. The number of aromatic nitrogens is 1. The fourth-order valence-electron chi connectivity index (χ4n) is 8.37. The molecule has 0 aliphatic carbocycles. The van der Waals surface area contributed by atoms with Crippen LogP contribution in [-0.2, 0) is 52.9 Å². The van der Waals surface area contributed by atoms with Crippen LogP contribution >= 0.6 is 0 Å². The van der Waals surface area contributed by atoms with E-state index in [1.165, 1.54) is 0 Å². The molecular formula is C49H69N7O10. The van der Waals surface area contributed by atoms with Gasteiger partial charge < -0.3 is 36.7 Å². The molecule has 0 spiro atoms. The van der Waals surface area contributed by atoms with E-state index in [-0.39, 0.29) is 87.3 Å². The van der Waals surface area contributed by atoms with Gasteiger partial charge in [0.1, 0.15) is 11.8 Å². The molecule has 0 bridgehead atoms. The van der Waals surface area contributed by atoms with Crippen molar-refractivity contribution in [3.05, 3.63) is 83.8 Å². The number of hydrogen-bond acceptors (Lipinski definition) is 11. The van der Waals surface area contributed by atoms with Gasteiger partial charge in [-0.3, -0.25) is 48.3 Å². The zero-order chi connectivity index (χ0) is 48.3. The zero-order valence-electron chi connectivity index (χ0n) is 38.6. The predicted molar refractivity (Wildman–Crippen MR) is 250 cm³/mol. The van der Waals surface area contributed by atoms with Crippen molar-refractivity contribution < 1.29 is 48.9 Å². The van der Waals surface area contributed by atoms with E-state index in [0.717, 1.165) is 27.6 Å². The minimum Gasteiger partial charge on any atom is -0.512 e. The van der Waals surface area contributed by atoms with Gasteiger partial charge in [0, 0.05) is 100 Å². The fraction of sp³-hybridized carbons (Fsp3) is 0.531. The molecule has 1 fully saturated rings. The van der Waals surface area contributed by atoms with Crippen molar-refractivity contribution in [3.8, 4) is 0 Å². The number of fused-ring (bicyclic) bond motifs is 1. The fourth-order valence-corrected chi connectivity index (χ4v) is 8.37. The predicted octanol–water partition coefficient (Wildman–Crippen LogP) is 3.85. The molecule has 0 radical (unpaired) electrons. The van der Waals surface area contributed by atoms with Crippen LogP contribution in [0, 0.1) is 17.8 Å². The van der Waals surface area contributed by atoms with Gasteiger partial charge in [-0.25, -0.2) is 0 Å². The summed E-state index contributed by atoms with van der Waals surface area (Å²) >= 11 is 0. The highest BCUT2D eigenvalue weighted by Gasteiger charge is 2.32. The van der Waals surface area contributed by atoms with Crippen molar-refractivity contribution in [2.45, 2.75) is 97.2 Å². The second kappa shape index (κ2) is 26.3. The molecular weight excluding hydrogens is 847 g/mol. The van der Waals surface area contributed by atoms with Crippen LogP contribution < -0.4 is 16.4 Å². The van der Waals surface area contributed by atoms with Crippen LogP contribution in [0.5, 0.6) is 0 Å². The molecule has 5 atom stereocenters. The lowest BCUT2D eigenvalue weighted by molar-refractivity contribution is -0.144. The number of H-pyrrole nitrogens is 1. The first-order valence-electron chi connectivity index (χ1n) is 23.0. The van der Waals surface area contributed by atoms with Crippen LogP contribution in [0.3, 0.4) is 0 Å². The molecule has 66 heavy (non-hydrogen) atoms. The number of hydrogen-bond donors (Lipinski definition) is 7. The number of rotatable bonds is 27. The molecule has 4 rings (SSSR count). The summed E-state index contributed by atoms with van der Waals surface area (Å²) in [5.74, 6) is -5.27. The molecule has 0 saturated carbocycles. The number of aromatic amines is 1. The maximum absolute atomic E-state index is 13.9. The Morgan fingerprint density at radius 1 is 0.803 bits per heavy atom. The largest absolute Gasteiger partial charge is 0.512 e. The van der Waals surface area contributed by atoms with Crippen molar-refractivity contribution in [2.24, 2.45) is 23.5 Å². The van der Waals surface area contributed by atoms with Crippen LogP contribution in [-0.4, -0.2) is 141 Å². The molecule has 2 heterocycles. The molecule has 1 saturated heterocycles. The van der Waals surface area contributed by atoms with Crippen LogP contribution in [0.2, 0.25) is 0 Å². The van der Waals surface area contributed by atoms with Gasteiger partial charge in [-0.2, -0.15) is 0 Å². The molecule has 2 aromatic carbocycles. The standard InChI is InChI=1S/C49H69N7O10/c1-5-32(2)46(53-47(63)33(3)26-38-29-51-41-9-7-6-8-40(38)41)43(59)27-37(15-19-44(50)60)48(64)52-28-36-12-10-35(11-13-36)14-16-39(58)17-18-42(49(65)66)56-24-22-54(30-34(4)57)20-21-55(23-25-56)31-45(61)62/h6-13,29,32-33,37,42,46,51,57H,4-5,14-28,30-31H2,1-3H3,(H2,50,60)(H,52,64)(H,53,63)(H,61,62)(H,65,66)/t32?,33-,37+,42?,46-/m0/s1. The summed E-state index contributed by atoms with van der Waals surface area (Å²) in [4.78, 5) is 98.3. The number of nitrogens with zero attached hydrogens (tertiary/aromatic N) is 3. The number of ketones is 2. The highest BCUT2D eigenvalue weighted by molar-refractivity contribution is 5.93. The summed E-state index contributed by atoms with van der Waals surface area (Å²) in [5.41, 5.74) is 9.06. The molecule has 8 N–H and O–H groups in total. The second-order valence-electron chi connectivity index (χ2n) is 17.7. The highest BCUT2D eigenvalue weighted by atomic mass is 16.4. The van der Waals surface area contributed by atoms with E-state index in [9.17, 15) is 48.9 Å². The SMILES string of the molecule is C=C(O)CN1CCN(CC(=O)O)CCN(C(CCC(=O)CCc2ccc(CNC(=O)[C@H](CCC(N)=O)CC(=O)[C@@H](NC(=O)[C@@H](C)Cc3c[nH]c4ccccc34)C(C)CC)cc2)C(=O)O)CC1. The monoisotopic (exact) mass is 916 g/mol. The molecule has 360 valence electrons. The summed E-state index contributed by atoms with van der Waals surface area (Å²) in [5, 5.41) is 36.2. The number of nitrogens with two attached hydrogens (primary N) is 1. The number of Topliss-reactive ketones (excluding diaryl/α,β-unsaturated/α-hetero) is 2. The van der Waals surface area contributed by atoms with Crippen LogP contribution in [0.1, 0.15) is 82.4 Å². The van der Waals surface area contributed by atoms with Gasteiger partial charge in [-0.15, -0.1) is 0 Å². The van der Waals surface area contributed by atoms with E-state index in [4.69, 9.17) is 5.73 Å². The number of aliphatic carboxylic acids is 2. The Morgan fingerprint density at radius 3 is 2.06 bits per heavy atom. The average molecular weight is 916 g/mol. The number of amides is 3. The van der Waals surface area contributed by atoms with Gasteiger partial charge in [-0.05, 0) is 54.4 Å². The number of carboxylic acids is 2. The lowest BCUT2D eigenvalue weighted by Gasteiger charge is -2.30. The van der Waals surface area contributed by atoms with Crippen molar-refractivity contribution in [1.29, 1.82) is 0 Å². The smallest absolute Gasteiger partial charge is 0.320 e. The number of carbonyl (C=O) groups excluding carboxylic acids is 5. The number of para-hydroxylation sites is 1. The summed E-state index contributed by atoms with van der Waals surface area (Å²) in [6.45, 7) is 11.6. The van der Waals surface area contributed by atoms with E-state index in [0.29, 0.717) is 58.5 Å². The Bertz CT molecular complexity index is 2110. The quantitative estimate of drug-likeness (QED) is 0.0538. The van der Waals surface area contributed by atoms with Gasteiger partial charge in [-0.1, -0.05) is 76.2 Å². The first kappa shape index (κ1) is 52.7. The molecule has 2 unspecified atom stereocenters. The Morgan fingerprint density at radius 2 is 1.44 bits per heavy atom. The highest BCUT2D eigenvalue weighted by Crippen LogP contribution is 2.23. The van der Waals surface area contributed by atoms with Gasteiger partial charge >= 0.3 is 11.9 Å². The minimum atomic E-state index is -1.07. The van der Waals surface area contributed by atoms with Crippen LogP contribution in [0.4, 0.5) is 0 Å². The van der Waals surface area contributed by atoms with E-state index in [2.05, 4.69) is 22.2 Å². The Kier molecular flexibility index (Phi) is 21.0. The van der Waals surface area contributed by atoms with Gasteiger partial charge in [0.2, 0.25) is 17.7 Å². The molecule has 17 nitrogen and oxygen atoms in total. The summed E-state index contributed by atoms with van der Waals surface area (Å²) in [7, 11) is 0. The number of aliphatic hydroxyl groups excluding tert-OH is 1. The first-order valence-corrected chi connectivity index (χ1v) is 23.0. The van der Waals surface area contributed by atoms with Gasteiger partial charge in [0.15, 0.2) is 5.78 Å². The number of carbonyl (C=O) groups is 7. The molecule has 17 heteroatoms. The van der Waals surface area contributed by atoms with Crippen molar-refractivity contribution in [3.63, 3.8) is 0 Å². The zero-order valence-corrected chi connectivity index (χ0v) is 38.6. The topological polar surface area (TPSA) is 256 Å². The van der Waals surface area contributed by atoms with E-state index in [1.807, 2.05) is 80.4 Å². The lowest BCUT2D eigenvalue weighted by Crippen LogP contribution is -2.48. The van der Waals surface area contributed by atoms with Crippen LogP contribution in [0.15, 0.2) is 67.1 Å². The third kappa shape index (κ3) is 17.1. The van der Waals surface area contributed by atoms with Crippen molar-refractivity contribution in [2.75, 3.05) is 52.4 Å². The molecule has 1 aliphatic rings. The average Bonchev–Trinajstić information content (AvgIpc) is 3.71. The summed E-state index contributed by atoms with van der Waals surface area (Å²) in [6, 6.07) is 13.4. The molecule has 1 aromatic heterocycles. The Labute approximate surface area is 387 Å². The molecule has 3 amide bonds. The number of carboxylic acid groups (broad SMARTS) is 2. The van der Waals surface area contributed by atoms with Gasteiger partial charge in [0.05, 0.1) is 24.9 Å². The lowest BCUT2D eigenvalue weighted by atomic mass is 9.87. The van der Waals surface area contributed by atoms with Crippen LogP contribution in [0.25, 0.3) is 10.9 Å². The Balaban J connectivity index is 1.29. The molecule has 1 aliphatic heterocycles. The number of primary amides is 1. The van der Waals surface area contributed by atoms with Crippen molar-refractivity contribution in [1.82, 2.24) is 30.3 Å². The third-order valence-corrected chi connectivity index (χ3v) is 12.6. The summed E-state index contributed by atoms with van der Waals surface area (Å²) < 4.78 is 0. The number of nitrogens with one attached hydrogen (secondary N) is 3. The van der Waals surface area contributed by atoms with E-state index < -0.39 is 47.7 Å². The van der Waals surface area contributed by atoms with Crippen molar-refractivity contribution >= 4 is 52.1 Å². The normalized spacial score (nSPS) is 16.4. The summed E-state index contributed by atoms with van der Waals surface area (Å²) in [6.07, 6.45) is 3.51. The van der Waals surface area contributed by atoms with E-state index in [1.54, 1.807) is 9.80 Å². The maximum atomic E-state index is 13.9. The minimum absolute atomic E-state index is 0.0428. The van der Waals surface area contributed by atoms with Gasteiger partial charge in [0.25, 0.3) is 0 Å². The third-order valence-electron chi connectivity index (χ3n) is 12.6. The maximum Gasteiger partial charge on any atom is 0.320 e. The molecule has 3 aromatic rings. The van der Waals surface area contributed by atoms with E-state index >= 15 is 0 Å².